The van der Waals surface area contributed by atoms with Gasteiger partial charge in [0.1, 0.15) is 5.82 Å². The molecule has 0 aliphatic rings. The molecule has 154 valence electrons. The van der Waals surface area contributed by atoms with Crippen LogP contribution in [-0.2, 0) is 26.6 Å². The van der Waals surface area contributed by atoms with Crippen LogP contribution < -0.4 is 10.6 Å². The van der Waals surface area contributed by atoms with Crippen molar-refractivity contribution in [2.24, 2.45) is 12.0 Å². The average molecular weight is 394 g/mol. The molecule has 0 radical (unpaired) electrons. The van der Waals surface area contributed by atoms with Crippen molar-refractivity contribution in [3.63, 3.8) is 0 Å². The van der Waals surface area contributed by atoms with Gasteiger partial charge in [0, 0.05) is 44.8 Å². The van der Waals surface area contributed by atoms with Gasteiger partial charge in [0.25, 0.3) is 0 Å². The van der Waals surface area contributed by atoms with E-state index >= 15 is 0 Å². The molecule has 7 nitrogen and oxygen atoms in total. The fourth-order valence-corrected chi connectivity index (χ4v) is 3.49. The van der Waals surface area contributed by atoms with Gasteiger partial charge < -0.3 is 15.2 Å². The lowest BCUT2D eigenvalue weighted by Crippen LogP contribution is -2.43. The molecule has 1 aromatic carbocycles. The van der Waals surface area contributed by atoms with Crippen LogP contribution in [0.2, 0.25) is 0 Å². The molecule has 0 saturated carbocycles. The molecular weight excluding hydrogens is 362 g/mol. The first kappa shape index (κ1) is 20.6. The van der Waals surface area contributed by atoms with Gasteiger partial charge in [-0.15, -0.1) is 0 Å². The largest absolute Gasteiger partial charge is 0.354 e. The van der Waals surface area contributed by atoms with Crippen molar-refractivity contribution in [1.82, 2.24) is 30.0 Å². The molecule has 0 saturated heterocycles. The van der Waals surface area contributed by atoms with Gasteiger partial charge in [-0.05, 0) is 38.3 Å². The van der Waals surface area contributed by atoms with E-state index < -0.39 is 0 Å². The van der Waals surface area contributed by atoms with E-state index in [1.165, 1.54) is 16.8 Å². The van der Waals surface area contributed by atoms with Crippen molar-refractivity contribution >= 4 is 5.96 Å². The highest BCUT2D eigenvalue weighted by Gasteiger charge is 2.14. The summed E-state index contributed by atoms with van der Waals surface area (Å²) in [6.45, 7) is 7.75. The lowest BCUT2D eigenvalue weighted by Gasteiger charge is -2.18. The first-order valence-corrected chi connectivity index (χ1v) is 9.98. The van der Waals surface area contributed by atoms with E-state index in [1.807, 2.05) is 30.2 Å². The number of nitrogens with one attached hydrogen (secondary N) is 2. The summed E-state index contributed by atoms with van der Waals surface area (Å²) in [5.74, 6) is 1.74. The van der Waals surface area contributed by atoms with Gasteiger partial charge in [0.05, 0.1) is 12.2 Å². The van der Waals surface area contributed by atoms with E-state index in [2.05, 4.69) is 75.3 Å². The maximum atomic E-state index is 4.51. The highest BCUT2D eigenvalue weighted by molar-refractivity contribution is 5.79. The monoisotopic (exact) mass is 393 g/mol. The van der Waals surface area contributed by atoms with Crippen molar-refractivity contribution < 1.29 is 0 Å². The zero-order valence-corrected chi connectivity index (χ0v) is 18.0. The van der Waals surface area contributed by atoms with Gasteiger partial charge in [0.2, 0.25) is 0 Å². The van der Waals surface area contributed by atoms with Crippen LogP contribution in [0.3, 0.4) is 0 Å². The highest BCUT2D eigenvalue weighted by Crippen LogP contribution is 2.14. The van der Waals surface area contributed by atoms with E-state index in [0.29, 0.717) is 6.54 Å². The van der Waals surface area contributed by atoms with Crippen molar-refractivity contribution in [3.05, 3.63) is 71.1 Å². The van der Waals surface area contributed by atoms with Gasteiger partial charge in [0.15, 0.2) is 5.96 Å². The molecule has 0 fully saturated rings. The van der Waals surface area contributed by atoms with Crippen LogP contribution in [-0.4, -0.2) is 38.4 Å². The quantitative estimate of drug-likeness (QED) is 0.478. The van der Waals surface area contributed by atoms with E-state index in [4.69, 9.17) is 0 Å². The number of nitrogens with zero attached hydrogens (tertiary/aromatic N) is 5. The molecule has 0 aliphatic carbocycles. The Labute approximate surface area is 172 Å². The van der Waals surface area contributed by atoms with E-state index in [-0.39, 0.29) is 6.04 Å². The Morgan fingerprint density at radius 3 is 2.62 bits per heavy atom. The predicted octanol–water partition coefficient (Wildman–Crippen LogP) is 2.58. The molecule has 2 heterocycles. The number of hydrogen-bond acceptors (Lipinski definition) is 3. The van der Waals surface area contributed by atoms with E-state index in [1.54, 1.807) is 7.05 Å². The third-order valence-electron chi connectivity index (χ3n) is 5.19. The summed E-state index contributed by atoms with van der Waals surface area (Å²) in [5, 5.41) is 11.4. The van der Waals surface area contributed by atoms with E-state index in [9.17, 15) is 0 Å². The summed E-state index contributed by atoms with van der Waals surface area (Å²) in [6, 6.07) is 10.6. The summed E-state index contributed by atoms with van der Waals surface area (Å²) in [6.07, 6.45) is 4.75. The number of aliphatic imine (C=N–C) groups is 1. The van der Waals surface area contributed by atoms with Crippen LogP contribution in [0.4, 0.5) is 0 Å². The maximum absolute atomic E-state index is 4.51. The van der Waals surface area contributed by atoms with Crippen LogP contribution in [0.5, 0.6) is 0 Å². The zero-order chi connectivity index (χ0) is 20.8. The molecule has 0 bridgehead atoms. The molecule has 3 aromatic rings. The fraction of sp³-hybridized carbons (Fsp3) is 0.409. The third kappa shape index (κ3) is 5.25. The Morgan fingerprint density at radius 1 is 1.21 bits per heavy atom. The number of aromatic nitrogens is 4. The molecule has 0 amide bonds. The first-order valence-electron chi connectivity index (χ1n) is 9.98. The van der Waals surface area contributed by atoms with Crippen LogP contribution >= 0.6 is 0 Å². The van der Waals surface area contributed by atoms with Gasteiger partial charge in [-0.3, -0.25) is 9.67 Å². The maximum Gasteiger partial charge on any atom is 0.191 e. The minimum Gasteiger partial charge on any atom is -0.354 e. The molecule has 1 atom stereocenters. The average Bonchev–Trinajstić information content (AvgIpc) is 3.25. The Hall–Kier alpha value is -3.09. The van der Waals surface area contributed by atoms with E-state index in [0.717, 1.165) is 30.4 Å². The van der Waals surface area contributed by atoms with Crippen LogP contribution in [0.1, 0.15) is 35.3 Å². The Kier molecular flexibility index (Phi) is 6.69. The number of hydrogen-bond donors (Lipinski definition) is 2. The standard InChI is InChI=1S/C22H31N7/c1-16(13-20-17(2)27-28(5)18(20)3)26-22(23-4)25-14-21-24-11-12-29(21)15-19-9-7-6-8-10-19/h6-12,16H,13-15H2,1-5H3,(H2,23,25,26). The summed E-state index contributed by atoms with van der Waals surface area (Å²) in [7, 11) is 3.78. The van der Waals surface area contributed by atoms with Gasteiger partial charge in [-0.25, -0.2) is 4.98 Å². The van der Waals surface area contributed by atoms with Gasteiger partial charge in [-0.2, -0.15) is 5.10 Å². The minimum atomic E-state index is 0.229. The van der Waals surface area contributed by atoms with Crippen molar-refractivity contribution in [2.75, 3.05) is 7.05 Å². The lowest BCUT2D eigenvalue weighted by atomic mass is 10.1. The predicted molar refractivity (Wildman–Crippen MR) is 117 cm³/mol. The Balaban J connectivity index is 1.56. The SMILES string of the molecule is CN=C(NCc1nccn1Cc1ccccc1)NC(C)Cc1c(C)nn(C)c1C. The second kappa shape index (κ2) is 9.41. The van der Waals surface area contributed by atoms with Crippen LogP contribution in [0.25, 0.3) is 0 Å². The van der Waals surface area contributed by atoms with Crippen molar-refractivity contribution in [1.29, 1.82) is 0 Å². The molecule has 0 spiro atoms. The molecular formula is C22H31N7. The smallest absolute Gasteiger partial charge is 0.191 e. The number of benzene rings is 1. The van der Waals surface area contributed by atoms with Gasteiger partial charge in [-0.1, -0.05) is 30.3 Å². The lowest BCUT2D eigenvalue weighted by molar-refractivity contribution is 0.625. The van der Waals surface area contributed by atoms with Crippen LogP contribution in [0, 0.1) is 13.8 Å². The second-order valence-electron chi connectivity index (χ2n) is 7.41. The van der Waals surface area contributed by atoms with Crippen molar-refractivity contribution in [3.8, 4) is 0 Å². The second-order valence-corrected chi connectivity index (χ2v) is 7.41. The molecule has 29 heavy (non-hydrogen) atoms. The summed E-state index contributed by atoms with van der Waals surface area (Å²) in [4.78, 5) is 8.87. The highest BCUT2D eigenvalue weighted by atomic mass is 15.3. The molecule has 2 N–H and O–H groups in total. The topological polar surface area (TPSA) is 72.1 Å². The summed E-state index contributed by atoms with van der Waals surface area (Å²) >= 11 is 0. The summed E-state index contributed by atoms with van der Waals surface area (Å²) < 4.78 is 4.10. The van der Waals surface area contributed by atoms with Gasteiger partial charge >= 0.3 is 0 Å². The normalized spacial score (nSPS) is 12.8. The summed E-state index contributed by atoms with van der Waals surface area (Å²) in [5.41, 5.74) is 4.85. The number of guanidine groups is 1. The minimum absolute atomic E-state index is 0.229. The molecule has 7 heteroatoms. The number of rotatable bonds is 7. The van der Waals surface area contributed by atoms with Crippen LogP contribution in [0.15, 0.2) is 47.7 Å². The molecule has 1 unspecified atom stereocenters. The number of aryl methyl sites for hydroxylation is 2. The molecule has 2 aromatic heterocycles. The Bertz CT molecular complexity index is 953. The number of imidazole rings is 1. The fourth-order valence-electron chi connectivity index (χ4n) is 3.49. The Morgan fingerprint density at radius 2 is 1.97 bits per heavy atom. The first-order chi connectivity index (χ1) is 14.0. The third-order valence-corrected chi connectivity index (χ3v) is 5.19. The molecule has 3 rings (SSSR count). The molecule has 0 aliphatic heterocycles. The zero-order valence-electron chi connectivity index (χ0n) is 18.0. The van der Waals surface area contributed by atoms with Crippen molar-refractivity contribution in [2.45, 2.75) is 46.3 Å².